The van der Waals surface area contributed by atoms with E-state index < -0.39 is 11.4 Å². The van der Waals surface area contributed by atoms with Crippen LogP contribution < -0.4 is 10.6 Å². The normalized spacial score (nSPS) is 12.8. The number of likely N-dealkylation sites (N-methyl/N-ethyl adjacent to an activating group) is 1. The van der Waals surface area contributed by atoms with Crippen LogP contribution in [0.5, 0.6) is 0 Å². The van der Waals surface area contributed by atoms with E-state index >= 15 is 0 Å². The van der Waals surface area contributed by atoms with E-state index in [-0.39, 0.29) is 17.2 Å². The van der Waals surface area contributed by atoms with Gasteiger partial charge in [-0.3, -0.25) is 9.59 Å². The molecule has 0 radical (unpaired) electrons. The third-order valence-corrected chi connectivity index (χ3v) is 2.29. The molecule has 3 N–H and O–H groups in total. The molecule has 16 heavy (non-hydrogen) atoms. The molecule has 0 spiro atoms. The lowest BCUT2D eigenvalue weighted by atomic mass is 10.0. The number of carbonyl (C=O) groups excluding carboxylic acids is 2. The summed E-state index contributed by atoms with van der Waals surface area (Å²) in [6, 6.07) is 0. The van der Waals surface area contributed by atoms with Crippen LogP contribution in [0.3, 0.4) is 0 Å². The van der Waals surface area contributed by atoms with Gasteiger partial charge >= 0.3 is 0 Å². The zero-order valence-corrected chi connectivity index (χ0v) is 10.5. The molecule has 0 saturated heterocycles. The fourth-order valence-corrected chi connectivity index (χ4v) is 1.31. The Hall–Kier alpha value is -1.52. The highest BCUT2D eigenvalue weighted by atomic mass is 16.3. The molecule has 5 heteroatoms. The van der Waals surface area contributed by atoms with Crippen molar-refractivity contribution in [3.8, 4) is 0 Å². The number of allylic oxidation sites excluding steroid dienone is 1. The Morgan fingerprint density at radius 3 is 2.12 bits per heavy atom. The van der Waals surface area contributed by atoms with Gasteiger partial charge in [0.1, 0.15) is 5.54 Å². The third kappa shape index (κ3) is 3.56. The monoisotopic (exact) mass is 228 g/mol. The van der Waals surface area contributed by atoms with E-state index in [4.69, 9.17) is 0 Å². The van der Waals surface area contributed by atoms with Crippen molar-refractivity contribution in [3.63, 3.8) is 0 Å². The van der Waals surface area contributed by atoms with Crippen LogP contribution in [0.2, 0.25) is 0 Å². The Morgan fingerprint density at radius 2 is 1.81 bits per heavy atom. The van der Waals surface area contributed by atoms with Crippen molar-refractivity contribution in [2.75, 3.05) is 7.05 Å². The minimum absolute atomic E-state index is 0.0206. The molecule has 0 rings (SSSR count). The first kappa shape index (κ1) is 14.5. The molecule has 2 amide bonds. The van der Waals surface area contributed by atoms with Gasteiger partial charge in [-0.2, -0.15) is 0 Å². The van der Waals surface area contributed by atoms with E-state index in [9.17, 15) is 14.7 Å². The summed E-state index contributed by atoms with van der Waals surface area (Å²) in [5, 5.41) is 14.3. The van der Waals surface area contributed by atoms with Crippen molar-refractivity contribution in [1.82, 2.24) is 10.6 Å². The largest absolute Gasteiger partial charge is 0.512 e. The standard InChI is InChI=1S/C11H20N2O3/c1-6-8(7(2)14)9(15)13-11(3,4)10(16)12-5/h14H,6H2,1-5H3,(H,12,16)(H,13,15)/b8-7-. The highest BCUT2D eigenvalue weighted by Gasteiger charge is 2.29. The lowest BCUT2D eigenvalue weighted by Crippen LogP contribution is -2.54. The molecular formula is C11H20N2O3. The molecule has 0 bridgehead atoms. The number of nitrogens with one attached hydrogen (secondary N) is 2. The molecule has 0 fully saturated rings. The van der Waals surface area contributed by atoms with Crippen molar-refractivity contribution < 1.29 is 14.7 Å². The molecule has 0 aromatic carbocycles. The SMILES string of the molecule is CC/C(C(=O)NC(C)(C)C(=O)NC)=C(\C)O. The molecule has 0 aromatic heterocycles. The third-order valence-electron chi connectivity index (χ3n) is 2.29. The second kappa shape index (κ2) is 5.53. The molecule has 0 aliphatic carbocycles. The predicted octanol–water partition coefficient (Wildman–Crippen LogP) is 0.869. The van der Waals surface area contributed by atoms with Crippen LogP contribution >= 0.6 is 0 Å². The Balaban J connectivity index is 4.81. The number of hydrogen-bond donors (Lipinski definition) is 3. The number of aliphatic hydroxyl groups is 1. The average molecular weight is 228 g/mol. The number of aliphatic hydroxyl groups excluding tert-OH is 1. The van der Waals surface area contributed by atoms with E-state index in [1.807, 2.05) is 0 Å². The number of rotatable bonds is 4. The maximum atomic E-state index is 11.7. The fourth-order valence-electron chi connectivity index (χ4n) is 1.31. The van der Waals surface area contributed by atoms with Gasteiger partial charge in [0.25, 0.3) is 5.91 Å². The summed E-state index contributed by atoms with van der Waals surface area (Å²) >= 11 is 0. The summed E-state index contributed by atoms with van der Waals surface area (Å²) in [5.41, 5.74) is -0.709. The smallest absolute Gasteiger partial charge is 0.251 e. The van der Waals surface area contributed by atoms with Gasteiger partial charge in [0.15, 0.2) is 0 Å². The summed E-state index contributed by atoms with van der Waals surface area (Å²) in [4.78, 5) is 23.2. The van der Waals surface area contributed by atoms with E-state index in [2.05, 4.69) is 10.6 Å². The summed E-state index contributed by atoms with van der Waals surface area (Å²) in [5.74, 6) is -0.726. The van der Waals surface area contributed by atoms with Gasteiger partial charge in [-0.15, -0.1) is 0 Å². The maximum Gasteiger partial charge on any atom is 0.251 e. The maximum absolute atomic E-state index is 11.7. The molecule has 0 atom stereocenters. The molecule has 0 saturated carbocycles. The molecule has 0 unspecified atom stereocenters. The zero-order valence-electron chi connectivity index (χ0n) is 10.5. The van der Waals surface area contributed by atoms with Crippen LogP contribution in [0.1, 0.15) is 34.1 Å². The molecule has 0 aliphatic heterocycles. The van der Waals surface area contributed by atoms with E-state index in [0.29, 0.717) is 6.42 Å². The minimum atomic E-state index is -0.998. The molecule has 5 nitrogen and oxygen atoms in total. The van der Waals surface area contributed by atoms with Crippen LogP contribution in [0.15, 0.2) is 11.3 Å². The first-order valence-corrected chi connectivity index (χ1v) is 5.19. The minimum Gasteiger partial charge on any atom is -0.512 e. The van der Waals surface area contributed by atoms with E-state index in [0.717, 1.165) is 0 Å². The number of amides is 2. The van der Waals surface area contributed by atoms with Crippen LogP contribution in [0.4, 0.5) is 0 Å². The highest BCUT2D eigenvalue weighted by molar-refractivity contribution is 5.98. The second-order valence-corrected chi connectivity index (χ2v) is 4.08. The quantitative estimate of drug-likeness (QED) is 0.493. The Morgan fingerprint density at radius 1 is 1.31 bits per heavy atom. The highest BCUT2D eigenvalue weighted by Crippen LogP contribution is 2.09. The van der Waals surface area contributed by atoms with E-state index in [1.54, 1.807) is 20.8 Å². The van der Waals surface area contributed by atoms with Crippen LogP contribution in [-0.2, 0) is 9.59 Å². The summed E-state index contributed by atoms with van der Waals surface area (Å²) in [6.07, 6.45) is 0.415. The first-order valence-electron chi connectivity index (χ1n) is 5.19. The average Bonchev–Trinajstić information content (AvgIpc) is 2.15. The van der Waals surface area contributed by atoms with E-state index in [1.165, 1.54) is 14.0 Å². The van der Waals surface area contributed by atoms with Crippen LogP contribution in [-0.4, -0.2) is 29.5 Å². The van der Waals surface area contributed by atoms with Crippen LogP contribution in [0, 0.1) is 0 Å². The molecule has 0 aliphatic rings. The summed E-state index contributed by atoms with van der Waals surface area (Å²) < 4.78 is 0. The van der Waals surface area contributed by atoms with Crippen molar-refractivity contribution >= 4 is 11.8 Å². The lowest BCUT2D eigenvalue weighted by Gasteiger charge is -2.24. The molecule has 92 valence electrons. The van der Waals surface area contributed by atoms with Crippen molar-refractivity contribution in [3.05, 3.63) is 11.3 Å². The Bertz CT molecular complexity index is 315. The first-order chi connectivity index (χ1) is 7.26. The predicted molar refractivity (Wildman–Crippen MR) is 61.9 cm³/mol. The summed E-state index contributed by atoms with van der Waals surface area (Å²) in [6.45, 7) is 6.42. The molecule has 0 aromatic rings. The summed E-state index contributed by atoms with van der Waals surface area (Å²) in [7, 11) is 1.50. The topological polar surface area (TPSA) is 78.4 Å². The van der Waals surface area contributed by atoms with Gasteiger partial charge < -0.3 is 15.7 Å². The van der Waals surface area contributed by atoms with Crippen molar-refractivity contribution in [2.24, 2.45) is 0 Å². The Kier molecular flexibility index (Phi) is 5.01. The fraction of sp³-hybridized carbons (Fsp3) is 0.636. The van der Waals surface area contributed by atoms with Gasteiger partial charge in [0.2, 0.25) is 5.91 Å². The van der Waals surface area contributed by atoms with Gasteiger partial charge in [0, 0.05) is 7.05 Å². The second-order valence-electron chi connectivity index (χ2n) is 4.08. The van der Waals surface area contributed by atoms with Crippen molar-refractivity contribution in [1.29, 1.82) is 0 Å². The lowest BCUT2D eigenvalue weighted by molar-refractivity contribution is -0.130. The molecular weight excluding hydrogens is 208 g/mol. The van der Waals surface area contributed by atoms with Crippen LogP contribution in [0.25, 0.3) is 0 Å². The van der Waals surface area contributed by atoms with Crippen molar-refractivity contribution in [2.45, 2.75) is 39.7 Å². The van der Waals surface area contributed by atoms with Gasteiger partial charge in [-0.05, 0) is 27.2 Å². The number of hydrogen-bond acceptors (Lipinski definition) is 3. The molecule has 0 heterocycles. The zero-order chi connectivity index (χ0) is 12.9. The van der Waals surface area contributed by atoms with Gasteiger partial charge in [0.05, 0.1) is 11.3 Å². The van der Waals surface area contributed by atoms with Gasteiger partial charge in [-0.25, -0.2) is 0 Å². The number of carbonyl (C=O) groups is 2. The van der Waals surface area contributed by atoms with Gasteiger partial charge in [-0.1, -0.05) is 6.92 Å². The Labute approximate surface area is 95.9 Å².